The predicted octanol–water partition coefficient (Wildman–Crippen LogP) is 4.09. The summed E-state index contributed by atoms with van der Waals surface area (Å²) < 4.78 is 2.18. The molecule has 0 saturated carbocycles. The lowest BCUT2D eigenvalue weighted by atomic mass is 10.1. The highest BCUT2D eigenvalue weighted by Gasteiger charge is 2.13. The number of fused-ring (bicyclic) bond motifs is 1. The minimum atomic E-state index is 0.741. The van der Waals surface area contributed by atoms with E-state index in [0.717, 1.165) is 48.8 Å². The van der Waals surface area contributed by atoms with Crippen LogP contribution in [-0.2, 0) is 13.1 Å². The summed E-state index contributed by atoms with van der Waals surface area (Å²) in [6.07, 6.45) is 6.05. The number of nitrogens with one attached hydrogen (secondary N) is 1. The van der Waals surface area contributed by atoms with Gasteiger partial charge < -0.3 is 14.8 Å². The number of hydrogen-bond acceptors (Lipinski definition) is 5. The molecule has 1 aliphatic rings. The quantitative estimate of drug-likeness (QED) is 0.543. The highest BCUT2D eigenvalue weighted by atomic mass is 15.2. The molecule has 5 rings (SSSR count). The fourth-order valence-electron chi connectivity index (χ4n) is 3.85. The molecule has 1 aliphatic heterocycles. The third-order valence-corrected chi connectivity index (χ3v) is 5.46. The zero-order valence-corrected chi connectivity index (χ0v) is 16.3. The first kappa shape index (κ1) is 17.7. The van der Waals surface area contributed by atoms with Gasteiger partial charge in [0.15, 0.2) is 0 Å². The van der Waals surface area contributed by atoms with Crippen LogP contribution in [0.1, 0.15) is 24.0 Å². The molecular weight excluding hydrogens is 360 g/mol. The van der Waals surface area contributed by atoms with Crippen LogP contribution >= 0.6 is 0 Å². The van der Waals surface area contributed by atoms with E-state index in [-0.39, 0.29) is 0 Å². The molecule has 29 heavy (non-hydrogen) atoms. The smallest absolute Gasteiger partial charge is 0.134 e. The van der Waals surface area contributed by atoms with Crippen LogP contribution in [0.4, 0.5) is 11.6 Å². The van der Waals surface area contributed by atoms with Crippen molar-refractivity contribution in [3.05, 3.63) is 78.4 Å². The van der Waals surface area contributed by atoms with Crippen LogP contribution < -0.4 is 10.2 Å². The Balaban J connectivity index is 1.22. The first-order chi connectivity index (χ1) is 14.3. The molecule has 146 valence electrons. The molecule has 0 aliphatic carbocycles. The van der Waals surface area contributed by atoms with E-state index in [4.69, 9.17) is 0 Å². The lowest BCUT2D eigenvalue weighted by molar-refractivity contribution is 0.823. The first-order valence-corrected chi connectivity index (χ1v) is 10.1. The van der Waals surface area contributed by atoms with Crippen LogP contribution in [0.15, 0.2) is 67.3 Å². The molecule has 2 aromatic carbocycles. The minimum absolute atomic E-state index is 0.741. The van der Waals surface area contributed by atoms with Gasteiger partial charge in [0.25, 0.3) is 0 Å². The standard InChI is InChI=1S/C23H24N6/c1-2-6-21-20(5-1)27-17-29(21)15-19-9-7-18(8-10-19)14-24-22-13-23(26-16-25-22)28-11-3-4-12-28/h1-2,5-10,13,16-17H,3-4,11-12,14-15H2,(H,24,25,26). The van der Waals surface area contributed by atoms with E-state index in [1.54, 1.807) is 6.33 Å². The second kappa shape index (κ2) is 7.91. The lowest BCUT2D eigenvalue weighted by Gasteiger charge is -2.16. The molecule has 4 aromatic rings. The van der Waals surface area contributed by atoms with Gasteiger partial charge >= 0.3 is 0 Å². The average molecular weight is 384 g/mol. The van der Waals surface area contributed by atoms with Gasteiger partial charge in [-0.05, 0) is 36.1 Å². The second-order valence-corrected chi connectivity index (χ2v) is 7.49. The number of para-hydroxylation sites is 2. The molecule has 3 heterocycles. The summed E-state index contributed by atoms with van der Waals surface area (Å²) in [5.41, 5.74) is 4.68. The van der Waals surface area contributed by atoms with Crippen LogP contribution in [0.2, 0.25) is 0 Å². The number of hydrogen-bond donors (Lipinski definition) is 1. The van der Waals surface area contributed by atoms with Crippen molar-refractivity contribution in [1.82, 2.24) is 19.5 Å². The molecule has 1 N–H and O–H groups in total. The molecule has 0 amide bonds. The number of benzene rings is 2. The van der Waals surface area contributed by atoms with Gasteiger partial charge in [-0.15, -0.1) is 0 Å². The number of aromatic nitrogens is 4. The molecule has 0 bridgehead atoms. The summed E-state index contributed by atoms with van der Waals surface area (Å²) in [6, 6.07) is 19.0. The van der Waals surface area contributed by atoms with E-state index in [2.05, 4.69) is 66.1 Å². The molecular formula is C23H24N6. The van der Waals surface area contributed by atoms with Crippen LogP contribution in [-0.4, -0.2) is 32.6 Å². The second-order valence-electron chi connectivity index (χ2n) is 7.49. The van der Waals surface area contributed by atoms with Crippen LogP contribution in [0.5, 0.6) is 0 Å². The first-order valence-electron chi connectivity index (χ1n) is 10.1. The molecule has 1 fully saturated rings. The Kier molecular flexibility index (Phi) is 4.82. The molecule has 0 atom stereocenters. The Hall–Kier alpha value is -3.41. The van der Waals surface area contributed by atoms with Crippen molar-refractivity contribution in [3.8, 4) is 0 Å². The molecule has 6 nitrogen and oxygen atoms in total. The lowest BCUT2D eigenvalue weighted by Crippen LogP contribution is -2.19. The Labute approximate surface area is 170 Å². The summed E-state index contributed by atoms with van der Waals surface area (Å²) in [6.45, 7) is 3.73. The predicted molar refractivity (Wildman–Crippen MR) is 116 cm³/mol. The van der Waals surface area contributed by atoms with Crippen molar-refractivity contribution in [2.75, 3.05) is 23.3 Å². The van der Waals surface area contributed by atoms with E-state index in [9.17, 15) is 0 Å². The molecule has 0 radical (unpaired) electrons. The fraction of sp³-hybridized carbons (Fsp3) is 0.261. The zero-order valence-electron chi connectivity index (χ0n) is 16.3. The maximum absolute atomic E-state index is 4.47. The van der Waals surface area contributed by atoms with E-state index >= 15 is 0 Å². The van der Waals surface area contributed by atoms with Crippen LogP contribution in [0.3, 0.4) is 0 Å². The molecule has 0 spiro atoms. The van der Waals surface area contributed by atoms with Crippen molar-refractivity contribution in [1.29, 1.82) is 0 Å². The summed E-state index contributed by atoms with van der Waals surface area (Å²) >= 11 is 0. The summed E-state index contributed by atoms with van der Waals surface area (Å²) in [5.74, 6) is 1.89. The third-order valence-electron chi connectivity index (χ3n) is 5.46. The molecule has 6 heteroatoms. The van der Waals surface area contributed by atoms with Gasteiger partial charge in [-0.1, -0.05) is 36.4 Å². The zero-order chi connectivity index (χ0) is 19.5. The van der Waals surface area contributed by atoms with Crippen LogP contribution in [0.25, 0.3) is 11.0 Å². The third kappa shape index (κ3) is 3.92. The number of nitrogens with zero attached hydrogens (tertiary/aromatic N) is 5. The van der Waals surface area contributed by atoms with Crippen molar-refractivity contribution >= 4 is 22.7 Å². The van der Waals surface area contributed by atoms with E-state index in [1.807, 2.05) is 24.5 Å². The Morgan fingerprint density at radius 1 is 0.862 bits per heavy atom. The van der Waals surface area contributed by atoms with Gasteiger partial charge in [0.05, 0.1) is 17.4 Å². The number of rotatable bonds is 6. The van der Waals surface area contributed by atoms with E-state index < -0.39 is 0 Å². The SMILES string of the molecule is c1ccc2c(c1)ncn2Cc1ccc(CNc2cc(N3CCCC3)ncn2)cc1. The average Bonchev–Trinajstić information content (AvgIpc) is 3.44. The molecule has 2 aromatic heterocycles. The van der Waals surface area contributed by atoms with Gasteiger partial charge in [-0.25, -0.2) is 15.0 Å². The molecule has 1 saturated heterocycles. The largest absolute Gasteiger partial charge is 0.366 e. The molecule has 0 unspecified atom stereocenters. The van der Waals surface area contributed by atoms with Gasteiger partial charge in [0.2, 0.25) is 0 Å². The van der Waals surface area contributed by atoms with E-state index in [1.165, 1.54) is 24.0 Å². The Bertz CT molecular complexity index is 1100. The Morgan fingerprint density at radius 3 is 2.52 bits per heavy atom. The van der Waals surface area contributed by atoms with Gasteiger partial charge in [-0.2, -0.15) is 0 Å². The maximum atomic E-state index is 4.47. The van der Waals surface area contributed by atoms with E-state index in [0.29, 0.717) is 0 Å². The fourth-order valence-corrected chi connectivity index (χ4v) is 3.85. The Morgan fingerprint density at radius 2 is 1.66 bits per heavy atom. The topological polar surface area (TPSA) is 58.9 Å². The highest BCUT2D eigenvalue weighted by Crippen LogP contribution is 2.20. The summed E-state index contributed by atoms with van der Waals surface area (Å²) in [5, 5.41) is 3.42. The monoisotopic (exact) mass is 384 g/mol. The highest BCUT2D eigenvalue weighted by molar-refractivity contribution is 5.75. The van der Waals surface area contributed by atoms with Crippen molar-refractivity contribution in [2.45, 2.75) is 25.9 Å². The minimum Gasteiger partial charge on any atom is -0.366 e. The van der Waals surface area contributed by atoms with Crippen molar-refractivity contribution < 1.29 is 0 Å². The number of imidazole rings is 1. The van der Waals surface area contributed by atoms with Crippen LogP contribution in [0, 0.1) is 0 Å². The van der Waals surface area contributed by atoms with Gasteiger partial charge in [-0.3, -0.25) is 0 Å². The number of anilines is 2. The van der Waals surface area contributed by atoms with Gasteiger partial charge in [0.1, 0.15) is 18.0 Å². The summed E-state index contributed by atoms with van der Waals surface area (Å²) in [4.78, 5) is 15.6. The summed E-state index contributed by atoms with van der Waals surface area (Å²) in [7, 11) is 0. The van der Waals surface area contributed by atoms with Gasteiger partial charge in [0, 0.05) is 32.2 Å². The van der Waals surface area contributed by atoms with Crippen molar-refractivity contribution in [3.63, 3.8) is 0 Å². The normalized spacial score (nSPS) is 13.9. The maximum Gasteiger partial charge on any atom is 0.134 e. The van der Waals surface area contributed by atoms with Crippen molar-refractivity contribution in [2.24, 2.45) is 0 Å².